The minimum atomic E-state index is 0.0172. The molecule has 0 bridgehead atoms. The van der Waals surface area contributed by atoms with Crippen molar-refractivity contribution in [2.24, 2.45) is 0 Å². The molecule has 134 valence electrons. The topological polar surface area (TPSA) is 59.3 Å². The molecule has 2 aromatic rings. The van der Waals surface area contributed by atoms with Gasteiger partial charge in [0.15, 0.2) is 0 Å². The number of aliphatic hydroxyl groups excluding tert-OH is 1. The lowest BCUT2D eigenvalue weighted by atomic mass is 9.87. The van der Waals surface area contributed by atoms with E-state index in [2.05, 4.69) is 49.4 Å². The van der Waals surface area contributed by atoms with Gasteiger partial charge < -0.3 is 15.2 Å². The summed E-state index contributed by atoms with van der Waals surface area (Å²) in [5.41, 5.74) is 3.36. The fourth-order valence-corrected chi connectivity index (χ4v) is 2.81. The van der Waals surface area contributed by atoms with Gasteiger partial charge in [0, 0.05) is 23.6 Å². The molecule has 1 aromatic heterocycles. The van der Waals surface area contributed by atoms with Crippen LogP contribution in [0.1, 0.15) is 38.4 Å². The smallest absolute Gasteiger partial charge is 0.127 e. The molecule has 25 heavy (non-hydrogen) atoms. The van der Waals surface area contributed by atoms with Crippen LogP contribution in [0.4, 0.5) is 5.82 Å². The zero-order chi connectivity index (χ0) is 17.9. The molecule has 0 radical (unpaired) electrons. The first-order valence-electron chi connectivity index (χ1n) is 8.88. The van der Waals surface area contributed by atoms with Crippen LogP contribution in [0.15, 0.2) is 35.9 Å². The Labute approximate surface area is 149 Å². The number of rotatable bonds is 7. The molecule has 1 aliphatic heterocycles. The van der Waals surface area contributed by atoms with E-state index in [1.54, 1.807) is 0 Å². The van der Waals surface area contributed by atoms with Crippen LogP contribution in [0, 0.1) is 0 Å². The molecule has 0 fully saturated rings. The van der Waals surface area contributed by atoms with E-state index in [1.807, 2.05) is 22.9 Å². The van der Waals surface area contributed by atoms with Crippen LogP contribution in [0.2, 0.25) is 0 Å². The summed E-state index contributed by atoms with van der Waals surface area (Å²) in [5, 5.41) is 17.5. The highest BCUT2D eigenvalue weighted by atomic mass is 16.5. The van der Waals surface area contributed by atoms with E-state index in [1.165, 1.54) is 5.57 Å². The number of ether oxygens (including phenoxy) is 1. The van der Waals surface area contributed by atoms with E-state index in [0.717, 1.165) is 29.2 Å². The fourth-order valence-electron chi connectivity index (χ4n) is 2.81. The van der Waals surface area contributed by atoms with Gasteiger partial charge in [-0.05, 0) is 24.1 Å². The Morgan fingerprint density at radius 3 is 2.88 bits per heavy atom. The zero-order valence-corrected chi connectivity index (χ0v) is 15.2. The van der Waals surface area contributed by atoms with Crippen molar-refractivity contribution < 1.29 is 9.84 Å². The third-order valence-electron chi connectivity index (χ3n) is 4.86. The standard InChI is InChI=1S/C20H27N3O2/c1-4-20(2,3)18-12-19(23(22-18)9-10-24)21-13-15-11-16-7-5-6-8-17(16)25-14-15/h5-8,11-12,21,24H,4,9-10,13-14H2,1-3H3. The highest BCUT2D eigenvalue weighted by Crippen LogP contribution is 2.29. The Hall–Kier alpha value is -2.27. The van der Waals surface area contributed by atoms with Crippen LogP contribution in [0.3, 0.4) is 0 Å². The Bertz CT molecular complexity index is 762. The highest BCUT2D eigenvalue weighted by molar-refractivity contribution is 5.63. The number of aliphatic hydroxyl groups is 1. The first-order chi connectivity index (χ1) is 12.0. The second-order valence-electron chi connectivity index (χ2n) is 7.08. The van der Waals surface area contributed by atoms with Crippen LogP contribution in [0.25, 0.3) is 6.08 Å². The highest BCUT2D eigenvalue weighted by Gasteiger charge is 2.23. The van der Waals surface area contributed by atoms with Gasteiger partial charge in [-0.2, -0.15) is 5.10 Å². The normalized spacial score (nSPS) is 13.8. The third kappa shape index (κ3) is 3.87. The number of para-hydroxylation sites is 1. The monoisotopic (exact) mass is 341 g/mol. The Kier molecular flexibility index (Phi) is 5.13. The number of aromatic nitrogens is 2. The molecule has 0 unspecified atom stereocenters. The van der Waals surface area contributed by atoms with Crippen LogP contribution in [0.5, 0.6) is 5.75 Å². The number of fused-ring (bicyclic) bond motifs is 1. The lowest BCUT2D eigenvalue weighted by Crippen LogP contribution is -2.18. The molecule has 5 heteroatoms. The maximum atomic E-state index is 9.32. The van der Waals surface area contributed by atoms with Gasteiger partial charge >= 0.3 is 0 Å². The van der Waals surface area contributed by atoms with Gasteiger partial charge in [0.1, 0.15) is 18.2 Å². The van der Waals surface area contributed by atoms with Gasteiger partial charge in [0.05, 0.1) is 18.8 Å². The minimum Gasteiger partial charge on any atom is -0.489 e. The van der Waals surface area contributed by atoms with Crippen molar-refractivity contribution in [3.8, 4) is 5.75 Å². The van der Waals surface area contributed by atoms with E-state index >= 15 is 0 Å². The molecule has 0 atom stereocenters. The molecule has 2 heterocycles. The summed E-state index contributed by atoms with van der Waals surface area (Å²) in [6, 6.07) is 10.2. The first kappa shape index (κ1) is 17.5. The summed E-state index contributed by atoms with van der Waals surface area (Å²) in [4.78, 5) is 0. The first-order valence-corrected chi connectivity index (χ1v) is 8.88. The van der Waals surface area contributed by atoms with Crippen LogP contribution >= 0.6 is 0 Å². The third-order valence-corrected chi connectivity index (χ3v) is 4.86. The molecule has 3 rings (SSSR count). The predicted molar refractivity (Wildman–Crippen MR) is 101 cm³/mol. The summed E-state index contributed by atoms with van der Waals surface area (Å²) >= 11 is 0. The second-order valence-corrected chi connectivity index (χ2v) is 7.08. The van der Waals surface area contributed by atoms with Crippen molar-refractivity contribution in [2.75, 3.05) is 25.1 Å². The molecule has 1 aliphatic rings. The molecule has 0 amide bonds. The van der Waals surface area contributed by atoms with E-state index in [4.69, 9.17) is 4.74 Å². The van der Waals surface area contributed by atoms with Gasteiger partial charge in [0.25, 0.3) is 0 Å². The van der Waals surface area contributed by atoms with Crippen molar-refractivity contribution >= 4 is 11.9 Å². The molecule has 5 nitrogen and oxygen atoms in total. The quantitative estimate of drug-likeness (QED) is 0.810. The average molecular weight is 341 g/mol. The Balaban J connectivity index is 1.76. The van der Waals surface area contributed by atoms with Crippen molar-refractivity contribution in [1.82, 2.24) is 9.78 Å². The molecule has 0 aliphatic carbocycles. The van der Waals surface area contributed by atoms with Gasteiger partial charge in [-0.3, -0.25) is 0 Å². The molecule has 1 aromatic carbocycles. The van der Waals surface area contributed by atoms with Crippen molar-refractivity contribution in [3.05, 3.63) is 47.2 Å². The van der Waals surface area contributed by atoms with E-state index in [-0.39, 0.29) is 12.0 Å². The summed E-state index contributed by atoms with van der Waals surface area (Å²) < 4.78 is 7.66. The lowest BCUT2D eigenvalue weighted by Gasteiger charge is -2.19. The molecule has 2 N–H and O–H groups in total. The Morgan fingerprint density at radius 1 is 1.32 bits per heavy atom. The minimum absolute atomic E-state index is 0.0172. The molecular weight excluding hydrogens is 314 g/mol. The van der Waals surface area contributed by atoms with Gasteiger partial charge in [-0.25, -0.2) is 4.68 Å². The number of nitrogens with zero attached hydrogens (tertiary/aromatic N) is 2. The summed E-state index contributed by atoms with van der Waals surface area (Å²) in [7, 11) is 0. The van der Waals surface area contributed by atoms with Crippen molar-refractivity contribution in [1.29, 1.82) is 0 Å². The van der Waals surface area contributed by atoms with Gasteiger partial charge in [-0.15, -0.1) is 0 Å². The fraction of sp³-hybridized carbons (Fsp3) is 0.450. The Morgan fingerprint density at radius 2 is 2.12 bits per heavy atom. The summed E-state index contributed by atoms with van der Waals surface area (Å²) in [6.07, 6.45) is 3.19. The predicted octanol–water partition coefficient (Wildman–Crippen LogP) is 3.45. The van der Waals surface area contributed by atoms with Gasteiger partial charge in [-0.1, -0.05) is 39.0 Å². The zero-order valence-electron chi connectivity index (χ0n) is 15.2. The lowest BCUT2D eigenvalue weighted by molar-refractivity contribution is 0.269. The molecule has 0 saturated carbocycles. The SMILES string of the molecule is CCC(C)(C)c1cc(NCC2=Cc3ccccc3OC2)n(CCO)n1. The largest absolute Gasteiger partial charge is 0.489 e. The number of anilines is 1. The molecule has 0 saturated heterocycles. The summed E-state index contributed by atoms with van der Waals surface area (Å²) in [5.74, 6) is 1.87. The maximum absolute atomic E-state index is 9.32. The summed E-state index contributed by atoms with van der Waals surface area (Å²) in [6.45, 7) is 8.39. The number of nitrogens with one attached hydrogen (secondary N) is 1. The average Bonchev–Trinajstić information content (AvgIpc) is 3.04. The second kappa shape index (κ2) is 7.31. The molecular formula is C20H27N3O2. The van der Waals surface area contributed by atoms with Crippen LogP contribution in [-0.4, -0.2) is 34.6 Å². The van der Waals surface area contributed by atoms with Crippen molar-refractivity contribution in [3.63, 3.8) is 0 Å². The van der Waals surface area contributed by atoms with E-state index in [9.17, 15) is 5.11 Å². The number of hydrogen-bond donors (Lipinski definition) is 2. The van der Waals surface area contributed by atoms with E-state index < -0.39 is 0 Å². The van der Waals surface area contributed by atoms with Crippen LogP contribution in [-0.2, 0) is 12.0 Å². The van der Waals surface area contributed by atoms with Crippen LogP contribution < -0.4 is 10.1 Å². The van der Waals surface area contributed by atoms with E-state index in [0.29, 0.717) is 19.7 Å². The van der Waals surface area contributed by atoms with Gasteiger partial charge in [0.2, 0.25) is 0 Å². The molecule has 0 spiro atoms. The maximum Gasteiger partial charge on any atom is 0.127 e. The number of hydrogen-bond acceptors (Lipinski definition) is 4. The number of benzene rings is 1. The van der Waals surface area contributed by atoms with Crippen molar-refractivity contribution in [2.45, 2.75) is 39.2 Å².